The first kappa shape index (κ1) is 15.9. The first-order chi connectivity index (χ1) is 11.8. The molecule has 0 radical (unpaired) electrons. The van der Waals surface area contributed by atoms with Crippen molar-refractivity contribution in [2.24, 2.45) is 0 Å². The number of carbonyl (C=O) groups excluding carboxylic acids is 1. The number of tetrazole rings is 1. The smallest absolute Gasteiger partial charge is 0.243 e. The van der Waals surface area contributed by atoms with Gasteiger partial charge in [0, 0.05) is 12.1 Å². The number of carbonyl (C=O) groups is 1. The van der Waals surface area contributed by atoms with Gasteiger partial charge in [-0.25, -0.2) is 0 Å². The lowest BCUT2D eigenvalue weighted by atomic mass is 10.1. The summed E-state index contributed by atoms with van der Waals surface area (Å²) in [7, 11) is 0. The largest absolute Gasteiger partial charge is 0.354 e. The van der Waals surface area contributed by atoms with Crippen molar-refractivity contribution in [3.63, 3.8) is 0 Å². The number of nitrogens with zero attached hydrogens (tertiary/aromatic N) is 4. The fraction of sp³-hybridized carbons (Fsp3) is 0.222. The minimum Gasteiger partial charge on any atom is -0.354 e. The summed E-state index contributed by atoms with van der Waals surface area (Å²) in [4.78, 5) is 13.2. The van der Waals surface area contributed by atoms with Crippen molar-refractivity contribution >= 4 is 5.91 Å². The SMILES string of the molecule is O=C(Cn1nnc(-c2ccccc2)n1)NCCCc1ccccc1. The standard InChI is InChI=1S/C18H19N5O/c24-17(19-13-7-10-15-8-3-1-4-9-15)14-23-21-18(20-22-23)16-11-5-2-6-12-16/h1-6,8-9,11-12H,7,10,13-14H2,(H,19,24). The van der Waals surface area contributed by atoms with Gasteiger partial charge in [-0.05, 0) is 23.6 Å². The molecule has 0 unspecified atom stereocenters. The number of amides is 1. The predicted octanol–water partition coefficient (Wildman–Crippen LogP) is 2.09. The molecule has 0 spiro atoms. The molecule has 3 aromatic rings. The summed E-state index contributed by atoms with van der Waals surface area (Å²) in [6.07, 6.45) is 1.84. The lowest BCUT2D eigenvalue weighted by Gasteiger charge is -2.04. The highest BCUT2D eigenvalue weighted by atomic mass is 16.2. The van der Waals surface area contributed by atoms with Crippen molar-refractivity contribution in [3.8, 4) is 11.4 Å². The summed E-state index contributed by atoms with van der Waals surface area (Å²) >= 11 is 0. The summed E-state index contributed by atoms with van der Waals surface area (Å²) in [6, 6.07) is 19.8. The summed E-state index contributed by atoms with van der Waals surface area (Å²) in [5.74, 6) is 0.410. The Morgan fingerprint density at radius 3 is 2.46 bits per heavy atom. The Kier molecular flexibility index (Phi) is 5.29. The molecule has 3 rings (SSSR count). The molecule has 1 aromatic heterocycles. The van der Waals surface area contributed by atoms with Crippen LogP contribution in [0, 0.1) is 0 Å². The van der Waals surface area contributed by atoms with Gasteiger partial charge in [0.1, 0.15) is 6.54 Å². The fourth-order valence-electron chi connectivity index (χ4n) is 2.36. The van der Waals surface area contributed by atoms with Crippen LogP contribution in [0.4, 0.5) is 0 Å². The number of aromatic nitrogens is 4. The molecule has 6 nitrogen and oxygen atoms in total. The normalized spacial score (nSPS) is 10.5. The molecule has 6 heteroatoms. The van der Waals surface area contributed by atoms with Crippen LogP contribution in [0.5, 0.6) is 0 Å². The van der Waals surface area contributed by atoms with Crippen LogP contribution in [-0.2, 0) is 17.8 Å². The average Bonchev–Trinajstić information content (AvgIpc) is 3.09. The molecule has 0 atom stereocenters. The van der Waals surface area contributed by atoms with Crippen LogP contribution in [0.1, 0.15) is 12.0 Å². The topological polar surface area (TPSA) is 72.7 Å². The van der Waals surface area contributed by atoms with Gasteiger partial charge in [0.05, 0.1) is 0 Å². The van der Waals surface area contributed by atoms with E-state index in [-0.39, 0.29) is 12.5 Å². The highest BCUT2D eigenvalue weighted by Gasteiger charge is 2.08. The van der Waals surface area contributed by atoms with Gasteiger partial charge in [-0.2, -0.15) is 4.80 Å². The molecule has 2 aromatic carbocycles. The maximum atomic E-state index is 11.9. The van der Waals surface area contributed by atoms with Gasteiger partial charge in [0.15, 0.2) is 0 Å². The van der Waals surface area contributed by atoms with Gasteiger partial charge >= 0.3 is 0 Å². The summed E-state index contributed by atoms with van der Waals surface area (Å²) in [5, 5.41) is 15.0. The van der Waals surface area contributed by atoms with Crippen molar-refractivity contribution in [1.82, 2.24) is 25.5 Å². The molecule has 1 amide bonds. The van der Waals surface area contributed by atoms with E-state index in [9.17, 15) is 4.79 Å². The second-order valence-corrected chi connectivity index (χ2v) is 5.45. The van der Waals surface area contributed by atoms with Gasteiger partial charge < -0.3 is 5.32 Å². The number of rotatable bonds is 7. The van der Waals surface area contributed by atoms with Crippen molar-refractivity contribution in [2.45, 2.75) is 19.4 Å². The molecule has 0 bridgehead atoms. The van der Waals surface area contributed by atoms with E-state index < -0.39 is 0 Å². The number of benzene rings is 2. The van der Waals surface area contributed by atoms with Crippen LogP contribution in [-0.4, -0.2) is 32.7 Å². The Morgan fingerprint density at radius 2 is 1.71 bits per heavy atom. The Balaban J connectivity index is 1.43. The van der Waals surface area contributed by atoms with E-state index in [0.29, 0.717) is 12.4 Å². The minimum atomic E-state index is -0.111. The maximum Gasteiger partial charge on any atom is 0.243 e. The van der Waals surface area contributed by atoms with Crippen LogP contribution in [0.2, 0.25) is 0 Å². The van der Waals surface area contributed by atoms with E-state index in [1.165, 1.54) is 10.4 Å². The zero-order chi connectivity index (χ0) is 16.6. The summed E-state index contributed by atoms with van der Waals surface area (Å²) in [5.41, 5.74) is 2.16. The molecule has 0 saturated heterocycles. The molecular formula is C18H19N5O. The number of hydrogen-bond acceptors (Lipinski definition) is 4. The Labute approximate surface area is 140 Å². The average molecular weight is 321 g/mol. The van der Waals surface area contributed by atoms with E-state index in [4.69, 9.17) is 0 Å². The van der Waals surface area contributed by atoms with Crippen LogP contribution in [0.15, 0.2) is 60.7 Å². The van der Waals surface area contributed by atoms with E-state index in [2.05, 4.69) is 32.9 Å². The molecule has 0 aliphatic carbocycles. The van der Waals surface area contributed by atoms with E-state index >= 15 is 0 Å². The number of hydrogen-bond donors (Lipinski definition) is 1. The van der Waals surface area contributed by atoms with Gasteiger partial charge in [-0.1, -0.05) is 60.7 Å². The zero-order valence-electron chi connectivity index (χ0n) is 13.3. The third-order valence-electron chi connectivity index (χ3n) is 3.58. The molecule has 1 N–H and O–H groups in total. The van der Waals surface area contributed by atoms with Crippen molar-refractivity contribution in [3.05, 3.63) is 66.2 Å². The Bertz CT molecular complexity index is 770. The second kappa shape index (κ2) is 8.01. The monoisotopic (exact) mass is 321 g/mol. The number of aryl methyl sites for hydroxylation is 1. The van der Waals surface area contributed by atoms with E-state index in [1.807, 2.05) is 48.5 Å². The molecule has 0 saturated carbocycles. The molecular weight excluding hydrogens is 302 g/mol. The molecule has 24 heavy (non-hydrogen) atoms. The van der Waals surface area contributed by atoms with Crippen LogP contribution in [0.25, 0.3) is 11.4 Å². The van der Waals surface area contributed by atoms with Crippen LogP contribution in [0.3, 0.4) is 0 Å². The van der Waals surface area contributed by atoms with Crippen molar-refractivity contribution in [2.75, 3.05) is 6.54 Å². The molecule has 1 heterocycles. The van der Waals surface area contributed by atoms with E-state index in [0.717, 1.165) is 18.4 Å². The highest BCUT2D eigenvalue weighted by Crippen LogP contribution is 2.11. The first-order valence-corrected chi connectivity index (χ1v) is 7.95. The van der Waals surface area contributed by atoms with Crippen molar-refractivity contribution < 1.29 is 4.79 Å². The third-order valence-corrected chi connectivity index (χ3v) is 3.58. The van der Waals surface area contributed by atoms with Crippen LogP contribution >= 0.6 is 0 Å². The first-order valence-electron chi connectivity index (χ1n) is 7.95. The summed E-state index contributed by atoms with van der Waals surface area (Å²) in [6.45, 7) is 0.707. The van der Waals surface area contributed by atoms with Gasteiger partial charge in [-0.3, -0.25) is 4.79 Å². The lowest BCUT2D eigenvalue weighted by molar-refractivity contribution is -0.122. The quantitative estimate of drug-likeness (QED) is 0.676. The second-order valence-electron chi connectivity index (χ2n) is 5.45. The summed E-state index contributed by atoms with van der Waals surface area (Å²) < 4.78 is 0. The van der Waals surface area contributed by atoms with E-state index in [1.54, 1.807) is 0 Å². The minimum absolute atomic E-state index is 0.0746. The third kappa shape index (κ3) is 4.49. The van der Waals surface area contributed by atoms with Crippen LogP contribution < -0.4 is 5.32 Å². The highest BCUT2D eigenvalue weighted by molar-refractivity contribution is 5.75. The van der Waals surface area contributed by atoms with Crippen molar-refractivity contribution in [1.29, 1.82) is 0 Å². The van der Waals surface area contributed by atoms with Gasteiger partial charge in [0.25, 0.3) is 0 Å². The molecule has 122 valence electrons. The Hall–Kier alpha value is -3.02. The maximum absolute atomic E-state index is 11.9. The molecule has 0 fully saturated rings. The zero-order valence-corrected chi connectivity index (χ0v) is 13.3. The lowest BCUT2D eigenvalue weighted by Crippen LogP contribution is -2.29. The number of nitrogens with one attached hydrogen (secondary N) is 1. The molecule has 0 aliphatic heterocycles. The molecule has 0 aliphatic rings. The fourth-order valence-corrected chi connectivity index (χ4v) is 2.36. The predicted molar refractivity (Wildman–Crippen MR) is 91.0 cm³/mol. The van der Waals surface area contributed by atoms with Gasteiger partial charge in [-0.15, -0.1) is 10.2 Å². The Morgan fingerprint density at radius 1 is 1.00 bits per heavy atom. The van der Waals surface area contributed by atoms with Gasteiger partial charge in [0.2, 0.25) is 11.7 Å².